The van der Waals surface area contributed by atoms with Crippen LogP contribution in [0.4, 0.5) is 0 Å². The van der Waals surface area contributed by atoms with E-state index in [0.29, 0.717) is 12.2 Å². The van der Waals surface area contributed by atoms with Gasteiger partial charge in [0, 0.05) is 16.5 Å². The monoisotopic (exact) mass is 420 g/mol. The van der Waals surface area contributed by atoms with Crippen LogP contribution in [0, 0.1) is 29.6 Å². The minimum absolute atomic E-state index is 0.276. The number of ether oxygens (including phenoxy) is 2. The molecule has 0 unspecified atom stereocenters. The molecule has 0 radical (unpaired) electrons. The van der Waals surface area contributed by atoms with Gasteiger partial charge >= 0.3 is 5.97 Å². The van der Waals surface area contributed by atoms with Gasteiger partial charge in [-0.1, -0.05) is 11.8 Å². The first-order valence-electron chi connectivity index (χ1n) is 11.0. The number of esters is 1. The predicted octanol–water partition coefficient (Wildman–Crippen LogP) is 5.80. The maximum absolute atomic E-state index is 11.9. The van der Waals surface area contributed by atoms with Crippen LogP contribution in [0.25, 0.3) is 0 Å². The van der Waals surface area contributed by atoms with Crippen LogP contribution in [0.3, 0.4) is 0 Å². The van der Waals surface area contributed by atoms with Gasteiger partial charge in [-0.05, 0) is 92.9 Å². The van der Waals surface area contributed by atoms with Crippen molar-refractivity contribution in [1.29, 1.82) is 0 Å². The summed E-state index contributed by atoms with van der Waals surface area (Å²) in [6.45, 7) is 2.20. The van der Waals surface area contributed by atoms with Gasteiger partial charge < -0.3 is 9.47 Å². The fourth-order valence-corrected chi connectivity index (χ4v) is 7.22. The van der Waals surface area contributed by atoms with Gasteiger partial charge in [0.1, 0.15) is 5.75 Å². The topological polar surface area (TPSA) is 35.5 Å². The summed E-state index contributed by atoms with van der Waals surface area (Å²) in [5, 5.41) is 1.82. The number of benzene rings is 1. The van der Waals surface area contributed by atoms with Crippen molar-refractivity contribution in [1.82, 2.24) is 0 Å². The van der Waals surface area contributed by atoms with E-state index in [4.69, 9.17) is 9.47 Å². The molecule has 0 aliphatic heterocycles. The standard InChI is InChI=1S/C26H28O3S/c1-3-29-25(27)21-12-22(30-16-21)6-4-17-5-7-24(28-2)23(11-17)26-13-18-8-19(14-26)10-20(9-18)15-26/h5,7,11-12,16,18-20H,3,8-10,13-15H2,1-2H3. The molecule has 1 aromatic heterocycles. The lowest BCUT2D eigenvalue weighted by Crippen LogP contribution is -2.48. The Morgan fingerprint density at radius 3 is 2.43 bits per heavy atom. The van der Waals surface area contributed by atoms with Crippen molar-refractivity contribution in [2.24, 2.45) is 17.8 Å². The van der Waals surface area contributed by atoms with Crippen LogP contribution in [0.15, 0.2) is 29.6 Å². The van der Waals surface area contributed by atoms with Crippen LogP contribution in [-0.2, 0) is 10.2 Å². The molecule has 3 nitrogen and oxygen atoms in total. The van der Waals surface area contributed by atoms with Gasteiger partial charge in [0.25, 0.3) is 0 Å². The molecule has 4 aliphatic rings. The van der Waals surface area contributed by atoms with Gasteiger partial charge in [-0.25, -0.2) is 4.79 Å². The highest BCUT2D eigenvalue weighted by molar-refractivity contribution is 7.10. The van der Waals surface area contributed by atoms with Gasteiger partial charge in [-0.2, -0.15) is 0 Å². The third kappa shape index (κ3) is 3.54. The van der Waals surface area contributed by atoms with Crippen LogP contribution >= 0.6 is 11.3 Å². The molecule has 4 fully saturated rings. The molecule has 6 rings (SSSR count). The van der Waals surface area contributed by atoms with Crippen molar-refractivity contribution >= 4 is 17.3 Å². The van der Waals surface area contributed by atoms with Gasteiger partial charge in [0.2, 0.25) is 0 Å². The van der Waals surface area contributed by atoms with Crippen molar-refractivity contribution in [3.63, 3.8) is 0 Å². The SMILES string of the molecule is CCOC(=O)c1csc(C#Cc2ccc(OC)c(C34CC5CC(CC(C5)C3)C4)c2)c1. The zero-order chi connectivity index (χ0) is 20.7. The number of carbonyl (C=O) groups excluding carboxylic acids is 1. The molecule has 0 saturated heterocycles. The summed E-state index contributed by atoms with van der Waals surface area (Å²) in [5.41, 5.74) is 3.25. The van der Waals surface area contributed by atoms with Gasteiger partial charge in [0.15, 0.2) is 0 Å². The lowest BCUT2D eigenvalue weighted by atomic mass is 9.48. The molecular formula is C26H28O3S. The molecule has 0 amide bonds. The van der Waals surface area contributed by atoms with E-state index in [-0.39, 0.29) is 11.4 Å². The fraction of sp³-hybridized carbons (Fsp3) is 0.500. The Bertz CT molecular complexity index is 987. The minimum Gasteiger partial charge on any atom is -0.496 e. The summed E-state index contributed by atoms with van der Waals surface area (Å²) in [5.74, 6) is 9.97. The Morgan fingerprint density at radius 2 is 1.80 bits per heavy atom. The number of hydrogen-bond donors (Lipinski definition) is 0. The molecule has 1 aromatic carbocycles. The first-order valence-corrected chi connectivity index (χ1v) is 11.9. The zero-order valence-corrected chi connectivity index (χ0v) is 18.5. The van der Waals surface area contributed by atoms with E-state index in [9.17, 15) is 4.79 Å². The Kier molecular flexibility index (Phi) is 5.11. The van der Waals surface area contributed by atoms with Gasteiger partial charge in [-0.3, -0.25) is 0 Å². The summed E-state index contributed by atoms with van der Waals surface area (Å²) in [4.78, 5) is 12.8. The van der Waals surface area contributed by atoms with Crippen molar-refractivity contribution in [2.75, 3.05) is 13.7 Å². The zero-order valence-electron chi connectivity index (χ0n) is 17.7. The summed E-state index contributed by atoms with van der Waals surface area (Å²) >= 11 is 1.48. The number of carbonyl (C=O) groups is 1. The van der Waals surface area contributed by atoms with E-state index in [1.165, 1.54) is 55.4 Å². The summed E-state index contributed by atoms with van der Waals surface area (Å²) in [7, 11) is 1.78. The highest BCUT2D eigenvalue weighted by atomic mass is 32.1. The molecule has 0 atom stereocenters. The quantitative estimate of drug-likeness (QED) is 0.463. The minimum atomic E-state index is -0.282. The molecule has 2 aromatic rings. The lowest BCUT2D eigenvalue weighted by Gasteiger charge is -2.57. The highest BCUT2D eigenvalue weighted by Crippen LogP contribution is 2.61. The second-order valence-corrected chi connectivity index (χ2v) is 10.2. The first-order chi connectivity index (χ1) is 14.6. The molecule has 156 valence electrons. The van der Waals surface area contributed by atoms with Crippen molar-refractivity contribution in [3.05, 3.63) is 51.2 Å². The summed E-state index contributed by atoms with van der Waals surface area (Å²) < 4.78 is 10.9. The average molecular weight is 421 g/mol. The average Bonchev–Trinajstić information content (AvgIpc) is 3.20. The van der Waals surface area contributed by atoms with Gasteiger partial charge in [0.05, 0.1) is 24.2 Å². The summed E-state index contributed by atoms with van der Waals surface area (Å²) in [6.07, 6.45) is 8.22. The van der Waals surface area contributed by atoms with E-state index in [1.807, 2.05) is 18.4 Å². The van der Waals surface area contributed by atoms with Crippen LogP contribution in [-0.4, -0.2) is 19.7 Å². The Morgan fingerprint density at radius 1 is 1.10 bits per heavy atom. The smallest absolute Gasteiger partial charge is 0.339 e. The van der Waals surface area contributed by atoms with E-state index in [1.54, 1.807) is 7.11 Å². The molecule has 1 heterocycles. The Hall–Kier alpha value is -2.25. The van der Waals surface area contributed by atoms with E-state index in [0.717, 1.165) is 33.9 Å². The first kappa shape index (κ1) is 19.7. The van der Waals surface area contributed by atoms with Gasteiger partial charge in [-0.15, -0.1) is 11.3 Å². The normalized spacial score (nSPS) is 28.7. The number of hydrogen-bond acceptors (Lipinski definition) is 4. The van der Waals surface area contributed by atoms with Crippen LogP contribution in [0.1, 0.15) is 71.8 Å². The number of methoxy groups -OCH3 is 1. The van der Waals surface area contributed by atoms with E-state index < -0.39 is 0 Å². The maximum Gasteiger partial charge on any atom is 0.339 e. The van der Waals surface area contributed by atoms with E-state index >= 15 is 0 Å². The summed E-state index contributed by atoms with van der Waals surface area (Å²) in [6, 6.07) is 8.24. The molecule has 30 heavy (non-hydrogen) atoms. The molecule has 0 spiro atoms. The fourth-order valence-electron chi connectivity index (χ4n) is 6.50. The maximum atomic E-state index is 11.9. The number of rotatable bonds is 4. The largest absolute Gasteiger partial charge is 0.496 e. The van der Waals surface area contributed by atoms with Crippen LogP contribution < -0.4 is 4.74 Å². The molecule has 4 heteroatoms. The van der Waals surface area contributed by atoms with Crippen LogP contribution in [0.5, 0.6) is 5.75 Å². The van der Waals surface area contributed by atoms with Crippen molar-refractivity contribution in [3.8, 4) is 17.6 Å². The predicted molar refractivity (Wildman–Crippen MR) is 119 cm³/mol. The van der Waals surface area contributed by atoms with Crippen molar-refractivity contribution < 1.29 is 14.3 Å². The number of thiophene rings is 1. The molecule has 4 bridgehead atoms. The lowest BCUT2D eigenvalue weighted by molar-refractivity contribution is -0.00616. The van der Waals surface area contributed by atoms with Crippen LogP contribution in [0.2, 0.25) is 0 Å². The van der Waals surface area contributed by atoms with E-state index in [2.05, 4.69) is 30.0 Å². The second-order valence-electron chi connectivity index (χ2n) is 9.28. The second kappa shape index (κ2) is 7.78. The molecular weight excluding hydrogens is 392 g/mol. The highest BCUT2D eigenvalue weighted by Gasteiger charge is 2.52. The molecule has 4 saturated carbocycles. The Balaban J connectivity index is 1.44. The third-order valence-corrected chi connectivity index (χ3v) is 8.10. The van der Waals surface area contributed by atoms with Crippen molar-refractivity contribution in [2.45, 2.75) is 50.9 Å². The molecule has 0 N–H and O–H groups in total. The Labute approximate surface area is 182 Å². The third-order valence-electron chi connectivity index (χ3n) is 7.25. The molecule has 4 aliphatic carbocycles.